The van der Waals surface area contributed by atoms with Crippen molar-refractivity contribution in [1.82, 2.24) is 0 Å². The van der Waals surface area contributed by atoms with E-state index < -0.39 is 0 Å². The highest BCUT2D eigenvalue weighted by Gasteiger charge is 2.09. The minimum atomic E-state index is -0.0148. The normalized spacial score (nSPS) is 11.7. The van der Waals surface area contributed by atoms with E-state index in [1.165, 1.54) is 5.56 Å². The van der Waals surface area contributed by atoms with Gasteiger partial charge in [0.15, 0.2) is 0 Å². The van der Waals surface area contributed by atoms with E-state index in [9.17, 15) is 5.26 Å². The predicted octanol–water partition coefficient (Wildman–Crippen LogP) is 5.16. The van der Waals surface area contributed by atoms with Crippen molar-refractivity contribution in [2.75, 3.05) is 6.61 Å². The number of hydrogen-bond acceptors (Lipinski definition) is 2. The van der Waals surface area contributed by atoms with Crippen LogP contribution < -0.4 is 4.74 Å². The van der Waals surface area contributed by atoms with Gasteiger partial charge in [0.25, 0.3) is 0 Å². The Morgan fingerprint density at radius 1 is 1.00 bits per heavy atom. The first-order valence-electron chi connectivity index (χ1n) is 7.85. The summed E-state index contributed by atoms with van der Waals surface area (Å²) in [6, 6.07) is 18.7. The Morgan fingerprint density at radius 2 is 1.73 bits per heavy atom. The number of ether oxygens (including phenoxy) is 1. The molecule has 0 aliphatic carbocycles. The Kier molecular flexibility index (Phi) is 6.03. The van der Waals surface area contributed by atoms with E-state index in [0.717, 1.165) is 36.1 Å². The fraction of sp³-hybridized carbons (Fsp3) is 0.350. The summed E-state index contributed by atoms with van der Waals surface area (Å²) >= 11 is 0. The van der Waals surface area contributed by atoms with Gasteiger partial charge in [-0.2, -0.15) is 5.26 Å². The number of aryl methyl sites for hydroxylation is 2. The van der Waals surface area contributed by atoms with Crippen LogP contribution in [-0.2, 0) is 0 Å². The molecule has 0 radical (unpaired) electrons. The third-order valence-corrected chi connectivity index (χ3v) is 3.87. The van der Waals surface area contributed by atoms with E-state index >= 15 is 0 Å². The number of nitrogens with zero attached hydrogens (tertiary/aromatic N) is 1. The van der Waals surface area contributed by atoms with Crippen molar-refractivity contribution in [2.24, 2.45) is 0 Å². The van der Waals surface area contributed by atoms with Crippen molar-refractivity contribution >= 4 is 0 Å². The minimum absolute atomic E-state index is 0.0148. The summed E-state index contributed by atoms with van der Waals surface area (Å²) in [4.78, 5) is 0. The zero-order valence-corrected chi connectivity index (χ0v) is 13.4. The second-order valence-electron chi connectivity index (χ2n) is 5.70. The zero-order chi connectivity index (χ0) is 15.8. The van der Waals surface area contributed by atoms with Crippen LogP contribution in [0.3, 0.4) is 0 Å². The number of benzene rings is 2. The molecule has 1 unspecified atom stereocenters. The van der Waals surface area contributed by atoms with Crippen molar-refractivity contribution in [3.05, 3.63) is 65.2 Å². The van der Waals surface area contributed by atoms with Crippen LogP contribution in [0.15, 0.2) is 48.5 Å². The van der Waals surface area contributed by atoms with E-state index in [1.807, 2.05) is 18.2 Å². The molecule has 2 aromatic rings. The lowest BCUT2D eigenvalue weighted by Crippen LogP contribution is -2.01. The molecule has 0 amide bonds. The molecule has 0 bridgehead atoms. The van der Waals surface area contributed by atoms with Crippen molar-refractivity contribution in [3.63, 3.8) is 0 Å². The molecule has 22 heavy (non-hydrogen) atoms. The van der Waals surface area contributed by atoms with Crippen molar-refractivity contribution in [2.45, 2.75) is 39.0 Å². The summed E-state index contributed by atoms with van der Waals surface area (Å²) in [6.07, 6.45) is 2.85. The summed E-state index contributed by atoms with van der Waals surface area (Å²) in [5, 5.41) is 9.34. The first-order valence-corrected chi connectivity index (χ1v) is 7.85. The predicted molar refractivity (Wildman–Crippen MR) is 90.1 cm³/mol. The third-order valence-electron chi connectivity index (χ3n) is 3.87. The van der Waals surface area contributed by atoms with E-state index in [0.29, 0.717) is 6.61 Å². The maximum Gasteiger partial charge on any atom is 0.122 e. The van der Waals surface area contributed by atoms with Crippen LogP contribution in [-0.4, -0.2) is 6.61 Å². The maximum atomic E-state index is 9.34. The van der Waals surface area contributed by atoms with Gasteiger partial charge in [0.1, 0.15) is 5.75 Å². The Hall–Kier alpha value is -2.27. The highest BCUT2D eigenvalue weighted by atomic mass is 16.5. The number of unbranched alkanes of at least 4 members (excludes halogenated alkanes) is 1. The molecule has 1 atom stereocenters. The average Bonchev–Trinajstić information content (AvgIpc) is 2.54. The molecule has 0 saturated heterocycles. The molecule has 2 rings (SSSR count). The second kappa shape index (κ2) is 8.24. The van der Waals surface area contributed by atoms with Gasteiger partial charge in [-0.1, -0.05) is 48.0 Å². The molecule has 0 heterocycles. The summed E-state index contributed by atoms with van der Waals surface area (Å²) in [5.74, 6) is 0.942. The van der Waals surface area contributed by atoms with Crippen LogP contribution in [0.5, 0.6) is 5.75 Å². The molecule has 2 aromatic carbocycles. The molecular weight excluding hydrogens is 270 g/mol. The molecule has 0 spiro atoms. The number of para-hydroxylation sites is 1. The molecule has 0 fully saturated rings. The standard InChI is InChI=1S/C20H23NO/c1-16-10-12-18(13-11-16)19(15-21)8-5-6-14-22-20-9-4-3-7-17(20)2/h3-4,7,9-13,19H,5-6,8,14H2,1-2H3. The Bertz CT molecular complexity index is 625. The summed E-state index contributed by atoms with van der Waals surface area (Å²) < 4.78 is 5.79. The van der Waals surface area contributed by atoms with Gasteiger partial charge < -0.3 is 4.74 Å². The van der Waals surface area contributed by atoms with Crippen LogP contribution in [0.4, 0.5) is 0 Å². The first kappa shape index (κ1) is 16.1. The average molecular weight is 293 g/mol. The van der Waals surface area contributed by atoms with Crippen molar-refractivity contribution < 1.29 is 4.74 Å². The van der Waals surface area contributed by atoms with E-state index in [-0.39, 0.29) is 5.92 Å². The lowest BCUT2D eigenvalue weighted by atomic mass is 9.94. The fourth-order valence-electron chi connectivity index (χ4n) is 2.46. The lowest BCUT2D eigenvalue weighted by Gasteiger charge is -2.11. The van der Waals surface area contributed by atoms with E-state index in [4.69, 9.17) is 4.74 Å². The van der Waals surface area contributed by atoms with Crippen molar-refractivity contribution in [1.29, 1.82) is 5.26 Å². The van der Waals surface area contributed by atoms with Gasteiger partial charge in [-0.15, -0.1) is 0 Å². The topological polar surface area (TPSA) is 33.0 Å². The van der Waals surface area contributed by atoms with Gasteiger partial charge in [0.2, 0.25) is 0 Å². The van der Waals surface area contributed by atoms with Gasteiger partial charge >= 0.3 is 0 Å². The van der Waals surface area contributed by atoms with E-state index in [2.05, 4.69) is 50.2 Å². The Morgan fingerprint density at radius 3 is 2.41 bits per heavy atom. The molecule has 0 N–H and O–H groups in total. The SMILES string of the molecule is Cc1ccc(C(C#N)CCCCOc2ccccc2C)cc1. The molecule has 0 aliphatic rings. The number of nitriles is 1. The summed E-state index contributed by atoms with van der Waals surface area (Å²) in [6.45, 7) is 4.82. The van der Waals surface area contributed by atoms with Crippen LogP contribution in [0.1, 0.15) is 41.9 Å². The van der Waals surface area contributed by atoms with Gasteiger partial charge in [-0.3, -0.25) is 0 Å². The Balaban J connectivity index is 1.74. The maximum absolute atomic E-state index is 9.34. The first-order chi connectivity index (χ1) is 10.7. The van der Waals surface area contributed by atoms with Gasteiger partial charge in [-0.25, -0.2) is 0 Å². The van der Waals surface area contributed by atoms with Crippen molar-refractivity contribution in [3.8, 4) is 11.8 Å². The smallest absolute Gasteiger partial charge is 0.122 e. The monoisotopic (exact) mass is 293 g/mol. The summed E-state index contributed by atoms with van der Waals surface area (Å²) in [7, 11) is 0. The number of hydrogen-bond donors (Lipinski definition) is 0. The molecule has 2 heteroatoms. The zero-order valence-electron chi connectivity index (χ0n) is 13.4. The molecule has 0 aliphatic heterocycles. The highest BCUT2D eigenvalue weighted by molar-refractivity contribution is 5.31. The quantitative estimate of drug-likeness (QED) is 0.661. The van der Waals surface area contributed by atoms with Crippen LogP contribution in [0, 0.1) is 25.2 Å². The van der Waals surface area contributed by atoms with Crippen LogP contribution in [0.2, 0.25) is 0 Å². The molecule has 114 valence electrons. The van der Waals surface area contributed by atoms with Crippen LogP contribution in [0.25, 0.3) is 0 Å². The Labute approximate surface area is 133 Å². The fourth-order valence-corrected chi connectivity index (χ4v) is 2.46. The van der Waals surface area contributed by atoms with Gasteiger partial charge in [0.05, 0.1) is 18.6 Å². The molecule has 0 aromatic heterocycles. The summed E-state index contributed by atoms with van der Waals surface area (Å²) in [5.41, 5.74) is 3.51. The largest absolute Gasteiger partial charge is 0.493 e. The molecular formula is C20H23NO. The van der Waals surface area contributed by atoms with Gasteiger partial charge in [-0.05, 0) is 50.3 Å². The molecule has 2 nitrogen and oxygen atoms in total. The highest BCUT2D eigenvalue weighted by Crippen LogP contribution is 2.22. The minimum Gasteiger partial charge on any atom is -0.493 e. The van der Waals surface area contributed by atoms with E-state index in [1.54, 1.807) is 0 Å². The third kappa shape index (κ3) is 4.63. The van der Waals surface area contributed by atoms with Crippen LogP contribution >= 0.6 is 0 Å². The lowest BCUT2D eigenvalue weighted by molar-refractivity contribution is 0.302. The van der Waals surface area contributed by atoms with Gasteiger partial charge in [0, 0.05) is 0 Å². The second-order valence-corrected chi connectivity index (χ2v) is 5.70. The molecule has 0 saturated carbocycles. The number of rotatable bonds is 7.